The number of ether oxygens (including phenoxy) is 1. The molecule has 106 valence electrons. The van der Waals surface area contributed by atoms with Crippen LogP contribution in [0.2, 0.25) is 5.02 Å². The Morgan fingerprint density at radius 2 is 2.10 bits per heavy atom. The lowest BCUT2D eigenvalue weighted by Gasteiger charge is -2.11. The molecule has 6 heteroatoms. The van der Waals surface area contributed by atoms with E-state index in [1.807, 2.05) is 32.0 Å². The lowest BCUT2D eigenvalue weighted by Crippen LogP contribution is -2.06. The second kappa shape index (κ2) is 6.58. The van der Waals surface area contributed by atoms with Crippen molar-refractivity contribution in [2.45, 2.75) is 13.8 Å². The molecule has 0 fully saturated rings. The molecule has 1 N–H and O–H groups in total. The first-order valence-corrected chi connectivity index (χ1v) is 7.64. The fourth-order valence-electron chi connectivity index (χ4n) is 1.78. The number of nitrogens with one attached hydrogen (secondary N) is 1. The van der Waals surface area contributed by atoms with Crippen LogP contribution in [-0.2, 0) is 0 Å². The number of nitrogens with zero attached hydrogens (tertiary/aromatic N) is 2. The average molecular weight is 404 g/mol. The van der Waals surface area contributed by atoms with Crippen LogP contribution in [0.3, 0.4) is 0 Å². The monoisotopic (exact) mass is 403 g/mol. The van der Waals surface area contributed by atoms with Crippen LogP contribution in [0.1, 0.15) is 12.6 Å². The minimum atomic E-state index is 0.551. The van der Waals surface area contributed by atoms with Gasteiger partial charge in [0.1, 0.15) is 11.6 Å². The van der Waals surface area contributed by atoms with Crippen LogP contribution in [0.5, 0.6) is 5.75 Å². The fraction of sp³-hybridized carbons (Fsp3) is 0.286. The highest BCUT2D eigenvalue weighted by Gasteiger charge is 2.11. The number of halogens is 2. The van der Waals surface area contributed by atoms with Gasteiger partial charge in [-0.3, -0.25) is 0 Å². The molecule has 0 spiro atoms. The Hall–Kier alpha value is -1.08. The minimum absolute atomic E-state index is 0.551. The standard InChI is InChI=1S/C14H15ClIN3O/c1-4-17-14-12(16)8(2)18-13(19-14)9-5-6-11(20-3)10(15)7-9/h5-7H,4H2,1-3H3,(H,17,18,19). The molecular formula is C14H15ClIN3O. The van der Waals surface area contributed by atoms with Crippen molar-refractivity contribution in [3.8, 4) is 17.1 Å². The summed E-state index contributed by atoms with van der Waals surface area (Å²) in [4.78, 5) is 9.08. The van der Waals surface area contributed by atoms with Crippen LogP contribution in [0.4, 0.5) is 5.82 Å². The minimum Gasteiger partial charge on any atom is -0.495 e. The summed E-state index contributed by atoms with van der Waals surface area (Å²) < 4.78 is 6.19. The first-order valence-electron chi connectivity index (χ1n) is 6.18. The van der Waals surface area contributed by atoms with Crippen molar-refractivity contribution in [2.24, 2.45) is 0 Å². The van der Waals surface area contributed by atoms with E-state index in [0.717, 1.165) is 27.2 Å². The number of methoxy groups -OCH3 is 1. The summed E-state index contributed by atoms with van der Waals surface area (Å²) in [6.45, 7) is 4.83. The smallest absolute Gasteiger partial charge is 0.161 e. The number of hydrogen-bond donors (Lipinski definition) is 1. The summed E-state index contributed by atoms with van der Waals surface area (Å²) in [5.41, 5.74) is 1.81. The maximum absolute atomic E-state index is 6.15. The van der Waals surface area contributed by atoms with Gasteiger partial charge in [-0.05, 0) is 54.6 Å². The lowest BCUT2D eigenvalue weighted by molar-refractivity contribution is 0.415. The molecule has 0 saturated heterocycles. The van der Waals surface area contributed by atoms with Crippen LogP contribution in [0.25, 0.3) is 11.4 Å². The third-order valence-electron chi connectivity index (χ3n) is 2.77. The number of rotatable bonds is 4. The van der Waals surface area contributed by atoms with Gasteiger partial charge in [0.15, 0.2) is 5.82 Å². The van der Waals surface area contributed by atoms with E-state index < -0.39 is 0 Å². The molecule has 0 aliphatic rings. The largest absolute Gasteiger partial charge is 0.495 e. The maximum Gasteiger partial charge on any atom is 0.161 e. The Morgan fingerprint density at radius 1 is 1.35 bits per heavy atom. The van der Waals surface area contributed by atoms with Crippen molar-refractivity contribution in [1.82, 2.24) is 9.97 Å². The van der Waals surface area contributed by atoms with Gasteiger partial charge in [0.25, 0.3) is 0 Å². The van der Waals surface area contributed by atoms with Crippen molar-refractivity contribution < 1.29 is 4.74 Å². The molecule has 2 aromatic rings. The number of aromatic nitrogens is 2. The summed E-state index contributed by atoms with van der Waals surface area (Å²) in [6.07, 6.45) is 0. The van der Waals surface area contributed by atoms with Gasteiger partial charge in [0, 0.05) is 12.1 Å². The van der Waals surface area contributed by atoms with E-state index in [4.69, 9.17) is 16.3 Å². The number of anilines is 1. The molecule has 1 heterocycles. The van der Waals surface area contributed by atoms with Crippen molar-refractivity contribution in [3.63, 3.8) is 0 Å². The second-order valence-corrected chi connectivity index (χ2v) is 5.66. The third-order valence-corrected chi connectivity index (χ3v) is 4.36. The number of hydrogen-bond acceptors (Lipinski definition) is 4. The van der Waals surface area contributed by atoms with E-state index in [-0.39, 0.29) is 0 Å². The van der Waals surface area contributed by atoms with Gasteiger partial charge >= 0.3 is 0 Å². The molecule has 2 rings (SSSR count). The van der Waals surface area contributed by atoms with Crippen LogP contribution in [0, 0.1) is 10.5 Å². The van der Waals surface area contributed by atoms with Crippen molar-refractivity contribution in [2.75, 3.05) is 19.0 Å². The quantitative estimate of drug-likeness (QED) is 0.779. The van der Waals surface area contributed by atoms with Crippen molar-refractivity contribution in [1.29, 1.82) is 0 Å². The SMILES string of the molecule is CCNc1nc(-c2ccc(OC)c(Cl)c2)nc(C)c1I. The molecule has 0 aliphatic heterocycles. The molecule has 1 aromatic carbocycles. The summed E-state index contributed by atoms with van der Waals surface area (Å²) in [7, 11) is 1.59. The average Bonchev–Trinajstić information content (AvgIpc) is 2.43. The fourth-order valence-corrected chi connectivity index (χ4v) is 2.47. The lowest BCUT2D eigenvalue weighted by atomic mass is 10.2. The Labute approximate surface area is 137 Å². The van der Waals surface area contributed by atoms with E-state index >= 15 is 0 Å². The Balaban J connectivity index is 2.49. The zero-order valence-electron chi connectivity index (χ0n) is 11.5. The molecule has 0 radical (unpaired) electrons. The van der Waals surface area contributed by atoms with Crippen LogP contribution in [0.15, 0.2) is 18.2 Å². The Kier molecular flexibility index (Phi) is 5.04. The topological polar surface area (TPSA) is 47.0 Å². The van der Waals surface area contributed by atoms with Gasteiger partial charge < -0.3 is 10.1 Å². The van der Waals surface area contributed by atoms with Gasteiger partial charge in [0.05, 0.1) is 21.4 Å². The zero-order valence-corrected chi connectivity index (χ0v) is 14.4. The molecular weight excluding hydrogens is 389 g/mol. The van der Waals surface area contributed by atoms with E-state index in [1.165, 1.54) is 0 Å². The normalized spacial score (nSPS) is 10.4. The van der Waals surface area contributed by atoms with Gasteiger partial charge in [-0.15, -0.1) is 0 Å². The Morgan fingerprint density at radius 3 is 2.70 bits per heavy atom. The van der Waals surface area contributed by atoms with Crippen LogP contribution >= 0.6 is 34.2 Å². The highest BCUT2D eigenvalue weighted by molar-refractivity contribution is 14.1. The Bertz CT molecular complexity index is 634. The predicted octanol–water partition coefficient (Wildman–Crippen LogP) is 4.15. The molecule has 4 nitrogen and oxygen atoms in total. The van der Waals surface area contributed by atoms with Gasteiger partial charge in [-0.25, -0.2) is 9.97 Å². The number of benzene rings is 1. The maximum atomic E-state index is 6.15. The van der Waals surface area contributed by atoms with Crippen molar-refractivity contribution in [3.05, 3.63) is 32.5 Å². The summed E-state index contributed by atoms with van der Waals surface area (Å²) in [5, 5.41) is 3.80. The molecule has 0 bridgehead atoms. The predicted molar refractivity (Wildman–Crippen MR) is 90.6 cm³/mol. The summed E-state index contributed by atoms with van der Waals surface area (Å²) in [5.74, 6) is 2.15. The highest BCUT2D eigenvalue weighted by Crippen LogP contribution is 2.30. The van der Waals surface area contributed by atoms with E-state index in [0.29, 0.717) is 16.6 Å². The van der Waals surface area contributed by atoms with Gasteiger partial charge in [-0.1, -0.05) is 11.6 Å². The van der Waals surface area contributed by atoms with E-state index in [9.17, 15) is 0 Å². The summed E-state index contributed by atoms with van der Waals surface area (Å²) >= 11 is 8.40. The molecule has 0 amide bonds. The zero-order chi connectivity index (χ0) is 14.7. The molecule has 0 unspecified atom stereocenters. The molecule has 0 atom stereocenters. The molecule has 0 aliphatic carbocycles. The second-order valence-electron chi connectivity index (χ2n) is 4.17. The molecule has 20 heavy (non-hydrogen) atoms. The summed E-state index contributed by atoms with van der Waals surface area (Å²) in [6, 6.07) is 5.54. The van der Waals surface area contributed by atoms with Gasteiger partial charge in [0.2, 0.25) is 0 Å². The van der Waals surface area contributed by atoms with Crippen molar-refractivity contribution >= 4 is 40.0 Å². The van der Waals surface area contributed by atoms with Crippen LogP contribution in [-0.4, -0.2) is 23.6 Å². The number of aryl methyl sites for hydroxylation is 1. The van der Waals surface area contributed by atoms with E-state index in [1.54, 1.807) is 7.11 Å². The van der Waals surface area contributed by atoms with Gasteiger partial charge in [-0.2, -0.15) is 0 Å². The molecule has 1 aromatic heterocycles. The van der Waals surface area contributed by atoms with E-state index in [2.05, 4.69) is 37.9 Å². The molecule has 0 saturated carbocycles. The first-order chi connectivity index (χ1) is 9.56. The first kappa shape index (κ1) is 15.3. The van der Waals surface area contributed by atoms with Crippen LogP contribution < -0.4 is 10.1 Å². The highest BCUT2D eigenvalue weighted by atomic mass is 127. The third kappa shape index (κ3) is 3.15.